The molecule has 7 heteroatoms. The molecule has 1 atom stereocenters. The summed E-state index contributed by atoms with van der Waals surface area (Å²) in [5, 5.41) is 6.53. The van der Waals surface area contributed by atoms with Gasteiger partial charge in [0.25, 0.3) is 5.91 Å². The lowest BCUT2D eigenvalue weighted by Crippen LogP contribution is -2.26. The minimum Gasteiger partial charge on any atom is -0.494 e. The van der Waals surface area contributed by atoms with E-state index < -0.39 is 17.8 Å². The van der Waals surface area contributed by atoms with Crippen LogP contribution < -0.4 is 10.1 Å². The molecule has 0 saturated heterocycles. The highest BCUT2D eigenvalue weighted by atomic mass is 19.1. The predicted octanol–water partition coefficient (Wildman–Crippen LogP) is 3.38. The molecule has 1 amide bonds. The first-order chi connectivity index (χ1) is 12.1. The van der Waals surface area contributed by atoms with Gasteiger partial charge >= 0.3 is 0 Å². The van der Waals surface area contributed by atoms with Gasteiger partial charge in [-0.25, -0.2) is 4.39 Å². The zero-order valence-electron chi connectivity index (χ0n) is 13.7. The lowest BCUT2D eigenvalue weighted by Gasteiger charge is -2.14. The Kier molecular flexibility index (Phi) is 4.74. The Morgan fingerprint density at radius 3 is 2.84 bits per heavy atom. The van der Waals surface area contributed by atoms with Crippen molar-refractivity contribution in [3.05, 3.63) is 65.9 Å². The molecule has 0 unspecified atom stereocenters. The first kappa shape index (κ1) is 16.6. The summed E-state index contributed by atoms with van der Waals surface area (Å²) >= 11 is 0. The number of methoxy groups -OCH3 is 1. The molecule has 0 radical (unpaired) electrons. The van der Waals surface area contributed by atoms with E-state index in [2.05, 4.69) is 15.5 Å². The van der Waals surface area contributed by atoms with E-state index >= 15 is 0 Å². The summed E-state index contributed by atoms with van der Waals surface area (Å²) in [6.07, 6.45) is 3.26. The van der Waals surface area contributed by atoms with Gasteiger partial charge in [0.15, 0.2) is 23.0 Å². The molecule has 0 bridgehead atoms. The average Bonchev–Trinajstić information content (AvgIpc) is 3.12. The van der Waals surface area contributed by atoms with E-state index in [1.54, 1.807) is 37.5 Å². The van der Waals surface area contributed by atoms with Gasteiger partial charge in [0.1, 0.15) is 0 Å². The largest absolute Gasteiger partial charge is 0.494 e. The second-order valence-corrected chi connectivity index (χ2v) is 5.41. The molecule has 0 spiro atoms. The van der Waals surface area contributed by atoms with Crippen LogP contribution in [0.1, 0.15) is 29.0 Å². The van der Waals surface area contributed by atoms with E-state index in [1.165, 1.54) is 25.3 Å². The van der Waals surface area contributed by atoms with Crippen LogP contribution in [0.4, 0.5) is 4.39 Å². The van der Waals surface area contributed by atoms with Gasteiger partial charge in [0, 0.05) is 24.0 Å². The van der Waals surface area contributed by atoms with Gasteiger partial charge in [-0.2, -0.15) is 0 Å². The van der Waals surface area contributed by atoms with Gasteiger partial charge < -0.3 is 14.6 Å². The SMILES string of the molecule is COc1ccc([C@@H](C)NC(=O)c2cc(-c3cccnc3)on2)cc1F. The number of rotatable bonds is 5. The van der Waals surface area contributed by atoms with Crippen LogP contribution in [0.5, 0.6) is 5.75 Å². The highest BCUT2D eigenvalue weighted by Crippen LogP contribution is 2.23. The van der Waals surface area contributed by atoms with Crippen molar-refractivity contribution in [2.24, 2.45) is 0 Å². The Bertz CT molecular complexity index is 880. The zero-order valence-corrected chi connectivity index (χ0v) is 13.7. The molecule has 0 aliphatic rings. The van der Waals surface area contributed by atoms with Gasteiger partial charge in [-0.05, 0) is 36.8 Å². The van der Waals surface area contributed by atoms with Crippen molar-refractivity contribution >= 4 is 5.91 Å². The Morgan fingerprint density at radius 2 is 2.16 bits per heavy atom. The Hall–Kier alpha value is -3.22. The van der Waals surface area contributed by atoms with Crippen LogP contribution in [0.2, 0.25) is 0 Å². The van der Waals surface area contributed by atoms with Crippen molar-refractivity contribution in [1.29, 1.82) is 0 Å². The predicted molar refractivity (Wildman–Crippen MR) is 88.6 cm³/mol. The molecule has 1 aromatic carbocycles. The van der Waals surface area contributed by atoms with Crippen molar-refractivity contribution in [2.75, 3.05) is 7.11 Å². The first-order valence-electron chi connectivity index (χ1n) is 7.60. The summed E-state index contributed by atoms with van der Waals surface area (Å²) in [5.41, 5.74) is 1.47. The van der Waals surface area contributed by atoms with Crippen LogP contribution in [-0.4, -0.2) is 23.2 Å². The zero-order chi connectivity index (χ0) is 17.8. The third-order valence-corrected chi connectivity index (χ3v) is 3.71. The van der Waals surface area contributed by atoms with Gasteiger partial charge in [0.05, 0.1) is 13.2 Å². The van der Waals surface area contributed by atoms with Crippen LogP contribution in [0.3, 0.4) is 0 Å². The molecule has 6 nitrogen and oxygen atoms in total. The summed E-state index contributed by atoms with van der Waals surface area (Å²) in [5.74, 6) is -0.301. The summed E-state index contributed by atoms with van der Waals surface area (Å²) in [7, 11) is 1.40. The highest BCUT2D eigenvalue weighted by Gasteiger charge is 2.17. The Balaban J connectivity index is 1.72. The molecule has 128 valence electrons. The molecular formula is C18H16FN3O3. The number of carbonyl (C=O) groups excluding carboxylic acids is 1. The summed E-state index contributed by atoms with van der Waals surface area (Å²) < 4.78 is 23.9. The molecule has 1 N–H and O–H groups in total. The normalized spacial score (nSPS) is 11.8. The fourth-order valence-electron chi connectivity index (χ4n) is 2.33. The molecule has 3 aromatic rings. The molecule has 0 aliphatic heterocycles. The number of pyridine rings is 1. The minimum absolute atomic E-state index is 0.139. The third kappa shape index (κ3) is 3.65. The van der Waals surface area contributed by atoms with Gasteiger partial charge in [0.2, 0.25) is 0 Å². The molecule has 0 aliphatic carbocycles. The van der Waals surface area contributed by atoms with Gasteiger partial charge in [-0.1, -0.05) is 11.2 Å². The van der Waals surface area contributed by atoms with Crippen LogP contribution in [0, 0.1) is 5.82 Å². The van der Waals surface area contributed by atoms with Crippen LogP contribution in [-0.2, 0) is 0 Å². The molecule has 3 rings (SSSR count). The number of hydrogen-bond donors (Lipinski definition) is 1. The topological polar surface area (TPSA) is 77.2 Å². The van der Waals surface area contributed by atoms with E-state index in [0.717, 1.165) is 5.56 Å². The molecule has 0 saturated carbocycles. The van der Waals surface area contributed by atoms with Crippen LogP contribution in [0.15, 0.2) is 53.3 Å². The number of benzene rings is 1. The van der Waals surface area contributed by atoms with E-state index in [0.29, 0.717) is 11.3 Å². The number of hydrogen-bond acceptors (Lipinski definition) is 5. The maximum Gasteiger partial charge on any atom is 0.273 e. The highest BCUT2D eigenvalue weighted by molar-refractivity contribution is 5.93. The van der Waals surface area contributed by atoms with Crippen molar-refractivity contribution in [2.45, 2.75) is 13.0 Å². The van der Waals surface area contributed by atoms with E-state index in [-0.39, 0.29) is 11.4 Å². The van der Waals surface area contributed by atoms with Crippen molar-refractivity contribution < 1.29 is 18.4 Å². The first-order valence-corrected chi connectivity index (χ1v) is 7.60. The van der Waals surface area contributed by atoms with Crippen molar-refractivity contribution in [3.63, 3.8) is 0 Å². The molecular weight excluding hydrogens is 325 g/mol. The van der Waals surface area contributed by atoms with Crippen molar-refractivity contribution in [3.8, 4) is 17.1 Å². The van der Waals surface area contributed by atoms with Crippen LogP contribution >= 0.6 is 0 Å². The number of amides is 1. The lowest BCUT2D eigenvalue weighted by molar-refractivity contribution is 0.0930. The molecule has 2 heterocycles. The van der Waals surface area contributed by atoms with E-state index in [1.807, 2.05) is 0 Å². The second-order valence-electron chi connectivity index (χ2n) is 5.41. The van der Waals surface area contributed by atoms with Crippen molar-refractivity contribution in [1.82, 2.24) is 15.5 Å². The fraction of sp³-hybridized carbons (Fsp3) is 0.167. The summed E-state index contributed by atoms with van der Waals surface area (Å²) in [4.78, 5) is 16.3. The Morgan fingerprint density at radius 1 is 1.32 bits per heavy atom. The lowest BCUT2D eigenvalue weighted by atomic mass is 10.1. The standard InChI is InChI=1S/C18H16FN3O3/c1-11(12-5-6-16(24-2)14(19)8-12)21-18(23)15-9-17(25-22-15)13-4-3-7-20-10-13/h3-11H,1-2H3,(H,21,23)/t11-/m1/s1. The fourth-order valence-corrected chi connectivity index (χ4v) is 2.33. The monoisotopic (exact) mass is 341 g/mol. The minimum atomic E-state index is -0.485. The number of aromatic nitrogens is 2. The average molecular weight is 341 g/mol. The molecule has 0 fully saturated rings. The number of carbonyl (C=O) groups is 1. The maximum absolute atomic E-state index is 13.8. The molecule has 2 aromatic heterocycles. The third-order valence-electron chi connectivity index (χ3n) is 3.71. The van der Waals surface area contributed by atoms with E-state index in [4.69, 9.17) is 9.26 Å². The smallest absolute Gasteiger partial charge is 0.273 e. The second kappa shape index (κ2) is 7.12. The number of halogens is 1. The number of ether oxygens (including phenoxy) is 1. The van der Waals surface area contributed by atoms with E-state index in [9.17, 15) is 9.18 Å². The summed E-state index contributed by atoms with van der Waals surface area (Å²) in [6, 6.07) is 9.23. The van der Waals surface area contributed by atoms with Gasteiger partial charge in [-0.3, -0.25) is 9.78 Å². The number of nitrogens with one attached hydrogen (secondary N) is 1. The summed E-state index contributed by atoms with van der Waals surface area (Å²) in [6.45, 7) is 1.75. The molecule has 25 heavy (non-hydrogen) atoms. The van der Waals surface area contributed by atoms with Gasteiger partial charge in [-0.15, -0.1) is 0 Å². The van der Waals surface area contributed by atoms with Crippen LogP contribution in [0.25, 0.3) is 11.3 Å². The maximum atomic E-state index is 13.8. The quantitative estimate of drug-likeness (QED) is 0.770. The Labute approximate surface area is 143 Å². The number of nitrogens with zero attached hydrogens (tertiary/aromatic N) is 2.